The molecule has 116 valence electrons. The van der Waals surface area contributed by atoms with E-state index < -0.39 is 0 Å². The maximum atomic E-state index is 12.3. The van der Waals surface area contributed by atoms with E-state index in [0.29, 0.717) is 12.2 Å². The third kappa shape index (κ3) is 2.90. The maximum Gasteiger partial charge on any atom is 0.269 e. The second-order valence-electron chi connectivity index (χ2n) is 5.78. The molecule has 1 aromatic heterocycles. The molecule has 22 heavy (non-hydrogen) atoms. The average Bonchev–Trinajstić information content (AvgIpc) is 3.00. The number of carbonyl (C=O) groups is 1. The van der Waals surface area contributed by atoms with Crippen molar-refractivity contribution in [1.29, 1.82) is 0 Å². The van der Waals surface area contributed by atoms with E-state index in [0.717, 1.165) is 26.1 Å². The Morgan fingerprint density at radius 3 is 2.64 bits per heavy atom. The third-order valence-corrected chi connectivity index (χ3v) is 4.48. The van der Waals surface area contributed by atoms with Gasteiger partial charge in [-0.3, -0.25) is 9.48 Å². The van der Waals surface area contributed by atoms with Crippen LogP contribution in [0.5, 0.6) is 0 Å². The second-order valence-corrected chi connectivity index (χ2v) is 5.78. The molecule has 1 amide bonds. The minimum absolute atomic E-state index is 0.0479. The third-order valence-electron chi connectivity index (χ3n) is 4.48. The van der Waals surface area contributed by atoms with Crippen molar-refractivity contribution < 1.29 is 9.53 Å². The van der Waals surface area contributed by atoms with Gasteiger partial charge in [0, 0.05) is 38.4 Å². The number of benzene rings is 1. The molecule has 0 aliphatic carbocycles. The zero-order valence-electron chi connectivity index (χ0n) is 12.8. The van der Waals surface area contributed by atoms with Crippen molar-refractivity contribution in [3.8, 4) is 0 Å². The summed E-state index contributed by atoms with van der Waals surface area (Å²) in [4.78, 5) is 12.3. The molecule has 3 rings (SSSR count). The van der Waals surface area contributed by atoms with Crippen molar-refractivity contribution in [2.75, 3.05) is 19.8 Å². The van der Waals surface area contributed by atoms with Crippen molar-refractivity contribution >= 4 is 5.91 Å². The Labute approximate surface area is 130 Å². The number of nitrogens with zero attached hydrogens (tertiary/aromatic N) is 2. The Morgan fingerprint density at radius 2 is 2.00 bits per heavy atom. The van der Waals surface area contributed by atoms with E-state index in [4.69, 9.17) is 4.74 Å². The lowest BCUT2D eigenvalue weighted by Gasteiger charge is -2.38. The number of hydrogen-bond donors (Lipinski definition) is 1. The van der Waals surface area contributed by atoms with Crippen molar-refractivity contribution in [3.63, 3.8) is 0 Å². The molecule has 2 aromatic rings. The molecule has 5 heteroatoms. The zero-order chi connectivity index (χ0) is 15.4. The molecule has 1 N–H and O–H groups in total. The molecular formula is C17H21N3O2. The van der Waals surface area contributed by atoms with E-state index in [9.17, 15) is 4.79 Å². The second kappa shape index (κ2) is 6.32. The lowest BCUT2D eigenvalue weighted by molar-refractivity contribution is 0.0486. The van der Waals surface area contributed by atoms with Gasteiger partial charge >= 0.3 is 0 Å². The summed E-state index contributed by atoms with van der Waals surface area (Å²) in [5.41, 5.74) is 1.80. The van der Waals surface area contributed by atoms with Crippen molar-refractivity contribution in [2.45, 2.75) is 18.3 Å². The highest BCUT2D eigenvalue weighted by Crippen LogP contribution is 2.34. The van der Waals surface area contributed by atoms with Gasteiger partial charge in [0.15, 0.2) is 0 Å². The van der Waals surface area contributed by atoms with Crippen LogP contribution in [0.3, 0.4) is 0 Å². The first-order chi connectivity index (χ1) is 10.7. The highest BCUT2D eigenvalue weighted by Gasteiger charge is 2.34. The molecule has 0 unspecified atom stereocenters. The number of aromatic nitrogens is 2. The van der Waals surface area contributed by atoms with Crippen LogP contribution in [0.15, 0.2) is 42.6 Å². The van der Waals surface area contributed by atoms with Gasteiger partial charge in [0.05, 0.1) is 0 Å². The normalized spacial score (nSPS) is 17.1. The molecule has 1 aromatic carbocycles. The summed E-state index contributed by atoms with van der Waals surface area (Å²) in [6.07, 6.45) is 3.47. The Kier molecular flexibility index (Phi) is 4.24. The molecule has 0 bridgehead atoms. The Morgan fingerprint density at radius 1 is 1.27 bits per heavy atom. The van der Waals surface area contributed by atoms with Crippen molar-refractivity contribution in [1.82, 2.24) is 15.1 Å². The molecule has 1 saturated heterocycles. The van der Waals surface area contributed by atoms with Crippen LogP contribution in [-0.2, 0) is 17.2 Å². The number of nitrogens with one attached hydrogen (secondary N) is 1. The van der Waals surface area contributed by atoms with Gasteiger partial charge in [0.1, 0.15) is 5.69 Å². The summed E-state index contributed by atoms with van der Waals surface area (Å²) in [5.74, 6) is -0.0817. The first-order valence-corrected chi connectivity index (χ1v) is 7.61. The number of hydrogen-bond acceptors (Lipinski definition) is 3. The van der Waals surface area contributed by atoms with E-state index >= 15 is 0 Å². The molecule has 1 fully saturated rings. The molecular weight excluding hydrogens is 278 g/mol. The van der Waals surface area contributed by atoms with Crippen LogP contribution in [0, 0.1) is 0 Å². The smallest absolute Gasteiger partial charge is 0.269 e. The summed E-state index contributed by atoms with van der Waals surface area (Å²) in [7, 11) is 1.77. The van der Waals surface area contributed by atoms with Crippen LogP contribution >= 0.6 is 0 Å². The van der Waals surface area contributed by atoms with Crippen LogP contribution in [-0.4, -0.2) is 35.4 Å². The van der Waals surface area contributed by atoms with Gasteiger partial charge in [-0.05, 0) is 24.5 Å². The number of amides is 1. The minimum Gasteiger partial charge on any atom is -0.381 e. The molecule has 5 nitrogen and oxygen atoms in total. The predicted octanol–water partition coefficient (Wildman–Crippen LogP) is 1.90. The van der Waals surface area contributed by atoms with E-state index in [2.05, 4.69) is 34.7 Å². The predicted molar refractivity (Wildman–Crippen MR) is 83.7 cm³/mol. The highest BCUT2D eigenvalue weighted by molar-refractivity contribution is 5.92. The molecule has 1 aliphatic heterocycles. The first kappa shape index (κ1) is 14.8. The van der Waals surface area contributed by atoms with Crippen LogP contribution in [0.25, 0.3) is 0 Å². The van der Waals surface area contributed by atoms with E-state index in [1.165, 1.54) is 5.56 Å². The van der Waals surface area contributed by atoms with Gasteiger partial charge in [0.2, 0.25) is 0 Å². The number of rotatable bonds is 4. The Bertz CT molecular complexity index is 630. The Balaban J connectivity index is 1.77. The van der Waals surface area contributed by atoms with Crippen LogP contribution < -0.4 is 5.32 Å². The molecule has 1 aliphatic rings. The van der Waals surface area contributed by atoms with E-state index in [-0.39, 0.29) is 11.3 Å². The quantitative estimate of drug-likeness (QED) is 0.938. The SMILES string of the molecule is Cn1nccc1C(=O)NCC1(c2ccccc2)CCOCC1. The van der Waals surface area contributed by atoms with Gasteiger partial charge < -0.3 is 10.1 Å². The largest absolute Gasteiger partial charge is 0.381 e. The van der Waals surface area contributed by atoms with Crippen LogP contribution in [0.2, 0.25) is 0 Å². The molecule has 0 saturated carbocycles. The summed E-state index contributed by atoms with van der Waals surface area (Å²) in [6.45, 7) is 2.08. The summed E-state index contributed by atoms with van der Waals surface area (Å²) < 4.78 is 7.11. The number of ether oxygens (including phenoxy) is 1. The molecule has 0 radical (unpaired) electrons. The molecule has 2 heterocycles. The lowest BCUT2D eigenvalue weighted by atomic mass is 9.74. The minimum atomic E-state index is -0.0817. The fraction of sp³-hybridized carbons (Fsp3) is 0.412. The molecule has 0 atom stereocenters. The molecule has 0 spiro atoms. The lowest BCUT2D eigenvalue weighted by Crippen LogP contribution is -2.44. The standard InChI is InChI=1S/C17H21N3O2/c1-20-15(7-10-19-20)16(21)18-13-17(8-11-22-12-9-17)14-5-3-2-4-6-14/h2-7,10H,8-9,11-13H2,1H3,(H,18,21). The fourth-order valence-corrected chi connectivity index (χ4v) is 3.06. The van der Waals surface area contributed by atoms with Crippen LogP contribution in [0.1, 0.15) is 28.9 Å². The topological polar surface area (TPSA) is 56.2 Å². The number of carbonyl (C=O) groups excluding carboxylic acids is 1. The highest BCUT2D eigenvalue weighted by atomic mass is 16.5. The van der Waals surface area contributed by atoms with Gasteiger partial charge in [-0.15, -0.1) is 0 Å². The fourth-order valence-electron chi connectivity index (χ4n) is 3.06. The van der Waals surface area contributed by atoms with Crippen molar-refractivity contribution in [3.05, 3.63) is 53.9 Å². The summed E-state index contributed by atoms with van der Waals surface area (Å²) in [5, 5.41) is 7.12. The summed E-state index contributed by atoms with van der Waals surface area (Å²) in [6, 6.07) is 12.1. The van der Waals surface area contributed by atoms with Gasteiger partial charge in [-0.1, -0.05) is 30.3 Å². The summed E-state index contributed by atoms with van der Waals surface area (Å²) >= 11 is 0. The van der Waals surface area contributed by atoms with Gasteiger partial charge in [0.25, 0.3) is 5.91 Å². The van der Waals surface area contributed by atoms with Crippen LogP contribution in [0.4, 0.5) is 0 Å². The monoisotopic (exact) mass is 299 g/mol. The number of aryl methyl sites for hydroxylation is 1. The average molecular weight is 299 g/mol. The van der Waals surface area contributed by atoms with Crippen molar-refractivity contribution in [2.24, 2.45) is 7.05 Å². The van der Waals surface area contributed by atoms with E-state index in [1.807, 2.05) is 6.07 Å². The van der Waals surface area contributed by atoms with Gasteiger partial charge in [-0.2, -0.15) is 5.10 Å². The van der Waals surface area contributed by atoms with E-state index in [1.54, 1.807) is 24.0 Å². The maximum absolute atomic E-state index is 12.3. The first-order valence-electron chi connectivity index (χ1n) is 7.61. The van der Waals surface area contributed by atoms with Gasteiger partial charge in [-0.25, -0.2) is 0 Å². The Hall–Kier alpha value is -2.14. The zero-order valence-corrected chi connectivity index (χ0v) is 12.8.